The zero-order valence-electron chi connectivity index (χ0n) is 21.5. The van der Waals surface area contributed by atoms with Crippen LogP contribution in [0.15, 0.2) is 60.7 Å². The lowest BCUT2D eigenvalue weighted by Gasteiger charge is -2.43. The zero-order valence-corrected chi connectivity index (χ0v) is 22.4. The molecule has 3 rings (SSSR count). The third kappa shape index (κ3) is 8.75. The van der Waals surface area contributed by atoms with Crippen molar-refractivity contribution in [3.05, 3.63) is 71.8 Å². The quantitative estimate of drug-likeness (QED) is 0.228. The molecule has 0 saturated carbocycles. The summed E-state index contributed by atoms with van der Waals surface area (Å²) in [7, 11) is -4.40. The SMILES string of the molecule is CC(=O)OC1[C@H](OP(=O)(OCc2ccccc2)OCc2ccccc2)OC(C)[C@H](OC(C)=O)[C@@H]1OC(C)=O. The van der Waals surface area contributed by atoms with Gasteiger partial charge in [-0.25, -0.2) is 4.57 Å². The maximum atomic E-state index is 13.9. The summed E-state index contributed by atoms with van der Waals surface area (Å²) in [6, 6.07) is 17.9. The van der Waals surface area contributed by atoms with E-state index in [1.807, 2.05) is 12.1 Å². The van der Waals surface area contributed by atoms with Crippen molar-refractivity contribution < 1.29 is 51.5 Å². The fourth-order valence-corrected chi connectivity index (χ4v) is 4.97. The molecule has 0 aliphatic carbocycles. The maximum absolute atomic E-state index is 13.9. The molecule has 1 fully saturated rings. The van der Waals surface area contributed by atoms with Crippen LogP contribution in [0.25, 0.3) is 0 Å². The van der Waals surface area contributed by atoms with Crippen molar-refractivity contribution in [2.45, 2.75) is 71.6 Å². The van der Waals surface area contributed by atoms with E-state index in [9.17, 15) is 18.9 Å². The molecular formula is C26H31O11P. The standard InChI is InChI=1S/C26H31O11P/c1-17-23(34-18(2)27)24(35-19(3)28)25(36-20(4)29)26(33-17)37-38(30,31-15-21-11-7-5-8-12-21)32-16-22-13-9-6-10-14-22/h5-14,17,23-26H,15-16H2,1-4H3/t17?,23-,24-,25?,26-/m0/s1. The van der Waals surface area contributed by atoms with Crippen molar-refractivity contribution in [3.63, 3.8) is 0 Å². The molecule has 0 radical (unpaired) electrons. The molecular weight excluding hydrogens is 519 g/mol. The Morgan fingerprint density at radius 1 is 0.711 bits per heavy atom. The van der Waals surface area contributed by atoms with Crippen LogP contribution < -0.4 is 0 Å². The molecule has 1 heterocycles. The third-order valence-electron chi connectivity index (χ3n) is 5.33. The largest absolute Gasteiger partial charge is 0.477 e. The molecule has 1 saturated heterocycles. The number of hydrogen-bond acceptors (Lipinski definition) is 11. The normalized spacial score (nSPS) is 23.3. The van der Waals surface area contributed by atoms with Gasteiger partial charge in [-0.15, -0.1) is 0 Å². The van der Waals surface area contributed by atoms with Crippen LogP contribution in [0.3, 0.4) is 0 Å². The first kappa shape index (κ1) is 29.5. The van der Waals surface area contributed by atoms with Gasteiger partial charge in [0.05, 0.1) is 19.3 Å². The first-order valence-corrected chi connectivity index (χ1v) is 13.3. The second-order valence-corrected chi connectivity index (χ2v) is 10.1. The molecule has 2 unspecified atom stereocenters. The Balaban J connectivity index is 1.90. The highest BCUT2D eigenvalue weighted by Crippen LogP contribution is 2.53. The topological polar surface area (TPSA) is 133 Å². The van der Waals surface area contributed by atoms with Gasteiger partial charge >= 0.3 is 25.7 Å². The molecule has 11 nitrogen and oxygen atoms in total. The van der Waals surface area contributed by atoms with Crippen molar-refractivity contribution in [2.24, 2.45) is 0 Å². The third-order valence-corrected chi connectivity index (χ3v) is 6.69. The highest BCUT2D eigenvalue weighted by atomic mass is 31.2. The number of carbonyl (C=O) groups is 3. The Morgan fingerprint density at radius 3 is 1.58 bits per heavy atom. The number of carbonyl (C=O) groups excluding carboxylic acids is 3. The van der Waals surface area contributed by atoms with Crippen LogP contribution in [0, 0.1) is 0 Å². The average Bonchev–Trinajstić information content (AvgIpc) is 2.87. The lowest BCUT2D eigenvalue weighted by atomic mass is 9.99. The van der Waals surface area contributed by atoms with Gasteiger partial charge in [-0.1, -0.05) is 60.7 Å². The molecule has 38 heavy (non-hydrogen) atoms. The average molecular weight is 550 g/mol. The van der Waals surface area contributed by atoms with Gasteiger partial charge in [0.15, 0.2) is 18.3 Å². The summed E-state index contributed by atoms with van der Waals surface area (Å²) in [6.45, 7) is 4.71. The second kappa shape index (κ2) is 13.6. The van der Waals surface area contributed by atoms with Gasteiger partial charge < -0.3 is 18.9 Å². The van der Waals surface area contributed by atoms with Gasteiger partial charge in [0.1, 0.15) is 0 Å². The summed E-state index contributed by atoms with van der Waals surface area (Å²) in [5.74, 6) is -2.18. The van der Waals surface area contributed by atoms with E-state index >= 15 is 0 Å². The fraction of sp³-hybridized carbons (Fsp3) is 0.423. The van der Waals surface area contributed by atoms with Crippen LogP contribution >= 0.6 is 7.82 Å². The summed E-state index contributed by atoms with van der Waals surface area (Å²) in [5.41, 5.74) is 1.39. The summed E-state index contributed by atoms with van der Waals surface area (Å²) in [6.07, 6.45) is -6.42. The minimum Gasteiger partial charge on any atom is -0.456 e. The summed E-state index contributed by atoms with van der Waals surface area (Å²) < 4.78 is 52.7. The number of hydrogen-bond donors (Lipinski definition) is 0. The monoisotopic (exact) mass is 550 g/mol. The fourth-order valence-electron chi connectivity index (χ4n) is 3.74. The minimum absolute atomic E-state index is 0.128. The van der Waals surface area contributed by atoms with Crippen molar-refractivity contribution in [3.8, 4) is 0 Å². The predicted octanol–water partition coefficient (Wildman–Crippen LogP) is 4.08. The van der Waals surface area contributed by atoms with Crippen LogP contribution in [0.1, 0.15) is 38.8 Å². The number of benzene rings is 2. The van der Waals surface area contributed by atoms with E-state index in [4.69, 9.17) is 32.5 Å². The molecule has 1 aliphatic rings. The molecule has 0 amide bonds. The number of ether oxygens (including phenoxy) is 4. The first-order chi connectivity index (χ1) is 18.1. The molecule has 0 spiro atoms. The molecule has 0 aromatic heterocycles. The van der Waals surface area contributed by atoms with Crippen LogP contribution in [-0.4, -0.2) is 48.6 Å². The Bertz CT molecular complexity index is 1080. The number of phosphoric acid groups is 1. The highest BCUT2D eigenvalue weighted by Gasteiger charge is 2.53. The van der Waals surface area contributed by atoms with Crippen LogP contribution in [0.4, 0.5) is 0 Å². The Hall–Kier alpha value is -3.08. The maximum Gasteiger partial charge on any atom is 0.477 e. The number of esters is 3. The summed E-state index contributed by atoms with van der Waals surface area (Å²) in [4.78, 5) is 35.6. The molecule has 2 aromatic rings. The number of rotatable bonds is 11. The molecule has 5 atom stereocenters. The summed E-state index contributed by atoms with van der Waals surface area (Å²) >= 11 is 0. The second-order valence-electron chi connectivity index (χ2n) is 8.50. The lowest BCUT2D eigenvalue weighted by molar-refractivity contribution is -0.284. The predicted molar refractivity (Wildman–Crippen MR) is 132 cm³/mol. The van der Waals surface area contributed by atoms with E-state index in [1.54, 1.807) is 48.5 Å². The van der Waals surface area contributed by atoms with E-state index < -0.39 is 56.4 Å². The van der Waals surface area contributed by atoms with Gasteiger partial charge in [-0.05, 0) is 18.1 Å². The Morgan fingerprint density at radius 2 is 1.13 bits per heavy atom. The van der Waals surface area contributed by atoms with Crippen molar-refractivity contribution in [2.75, 3.05) is 0 Å². The minimum atomic E-state index is -4.40. The highest BCUT2D eigenvalue weighted by molar-refractivity contribution is 7.48. The van der Waals surface area contributed by atoms with Gasteiger partial charge in [-0.2, -0.15) is 0 Å². The van der Waals surface area contributed by atoms with Crippen molar-refractivity contribution >= 4 is 25.7 Å². The van der Waals surface area contributed by atoms with E-state index in [-0.39, 0.29) is 13.2 Å². The van der Waals surface area contributed by atoms with Crippen molar-refractivity contribution in [1.82, 2.24) is 0 Å². The molecule has 2 aromatic carbocycles. The Kier molecular flexibility index (Phi) is 10.6. The van der Waals surface area contributed by atoms with Gasteiger partial charge in [-0.3, -0.25) is 28.0 Å². The van der Waals surface area contributed by atoms with E-state index in [0.29, 0.717) is 11.1 Å². The Labute approximate surface area is 220 Å². The van der Waals surface area contributed by atoms with E-state index in [0.717, 1.165) is 13.8 Å². The van der Waals surface area contributed by atoms with E-state index in [2.05, 4.69) is 0 Å². The van der Waals surface area contributed by atoms with Crippen LogP contribution in [0.2, 0.25) is 0 Å². The number of phosphoric ester groups is 1. The van der Waals surface area contributed by atoms with Crippen molar-refractivity contribution in [1.29, 1.82) is 0 Å². The first-order valence-electron chi connectivity index (χ1n) is 11.9. The summed E-state index contributed by atoms with van der Waals surface area (Å²) in [5, 5.41) is 0. The van der Waals surface area contributed by atoms with Crippen LogP contribution in [0.5, 0.6) is 0 Å². The van der Waals surface area contributed by atoms with Gasteiger partial charge in [0.25, 0.3) is 0 Å². The molecule has 0 N–H and O–H groups in total. The molecule has 206 valence electrons. The smallest absolute Gasteiger partial charge is 0.456 e. The molecule has 12 heteroatoms. The van der Waals surface area contributed by atoms with Gasteiger partial charge in [0, 0.05) is 20.8 Å². The van der Waals surface area contributed by atoms with Crippen LogP contribution in [-0.2, 0) is 64.7 Å². The van der Waals surface area contributed by atoms with E-state index in [1.165, 1.54) is 13.8 Å². The molecule has 0 bridgehead atoms. The molecule has 1 aliphatic heterocycles. The zero-order chi connectivity index (χ0) is 27.7. The van der Waals surface area contributed by atoms with Gasteiger partial charge in [0.2, 0.25) is 6.29 Å². The lowest BCUT2D eigenvalue weighted by Crippen LogP contribution is -2.61.